The fourth-order valence-electron chi connectivity index (χ4n) is 6.52. The van der Waals surface area contributed by atoms with Crippen LogP contribution in [-0.4, -0.2) is 3.21 Å². The summed E-state index contributed by atoms with van der Waals surface area (Å²) in [6, 6.07) is 32.4. The molecule has 0 nitrogen and oxygen atoms in total. The fraction of sp³-hybridized carbons (Fsp3) is 0.237. The number of halogens is 2. The minimum Gasteiger partial charge on any atom is -1.00 e. The molecule has 0 fully saturated rings. The second-order valence-electron chi connectivity index (χ2n) is 10.7. The molecule has 0 N–H and O–H groups in total. The van der Waals surface area contributed by atoms with Gasteiger partial charge in [-0.15, -0.1) is 0 Å². The van der Waals surface area contributed by atoms with Gasteiger partial charge in [0.05, 0.1) is 0 Å². The summed E-state index contributed by atoms with van der Waals surface area (Å²) in [5.74, 6) is 0. The Morgan fingerprint density at radius 3 is 2.02 bits per heavy atom. The molecule has 0 aliphatic heterocycles. The Hall–Kier alpha value is -2.31. The Labute approximate surface area is 269 Å². The van der Waals surface area contributed by atoms with Crippen LogP contribution in [0.4, 0.5) is 0 Å². The molecule has 0 radical (unpaired) electrons. The normalized spacial score (nSPS) is 14.3. The van der Waals surface area contributed by atoms with E-state index in [0.717, 1.165) is 25.7 Å². The summed E-state index contributed by atoms with van der Waals surface area (Å²) in [5, 5.41) is 0. The van der Waals surface area contributed by atoms with Crippen LogP contribution < -0.4 is 24.8 Å². The number of hydrogen-bond donors (Lipinski definition) is 0. The van der Waals surface area contributed by atoms with Crippen molar-refractivity contribution in [1.82, 2.24) is 0 Å². The van der Waals surface area contributed by atoms with Crippen molar-refractivity contribution in [1.29, 1.82) is 0 Å². The van der Waals surface area contributed by atoms with Crippen molar-refractivity contribution in [3.63, 3.8) is 0 Å². The number of fused-ring (bicyclic) bond motifs is 3. The van der Waals surface area contributed by atoms with Crippen LogP contribution in [0.2, 0.25) is 0 Å². The minimum atomic E-state index is -1.16. The maximum absolute atomic E-state index is 2.60. The van der Waals surface area contributed by atoms with Crippen LogP contribution >= 0.6 is 0 Å². The SMILES string of the molecule is CCCc1cc2c(c(C3=CC=CC3)c1CC)[CH]([Zr+2]=[C](c1ccccc1)c1ccccc1)c1cc(CC)ccc1-2.[Cl-].[Cl-]. The average Bonchev–Trinajstić information content (AvgIpc) is 3.63. The van der Waals surface area contributed by atoms with Gasteiger partial charge in [0.15, 0.2) is 0 Å². The smallest absolute Gasteiger partial charge is 1.00 e. The molecule has 41 heavy (non-hydrogen) atoms. The summed E-state index contributed by atoms with van der Waals surface area (Å²) in [4.78, 5) is 0. The van der Waals surface area contributed by atoms with E-state index in [4.69, 9.17) is 0 Å². The topological polar surface area (TPSA) is 0 Å². The zero-order valence-corrected chi connectivity index (χ0v) is 28.2. The molecule has 4 aromatic rings. The maximum Gasteiger partial charge on any atom is -1.00 e. The van der Waals surface area contributed by atoms with E-state index in [1.165, 1.54) is 39.8 Å². The molecule has 2 aliphatic carbocycles. The van der Waals surface area contributed by atoms with E-state index in [0.29, 0.717) is 3.63 Å². The largest absolute Gasteiger partial charge is 1.00 e. The predicted octanol–water partition coefficient (Wildman–Crippen LogP) is 3.54. The van der Waals surface area contributed by atoms with Crippen LogP contribution in [0, 0.1) is 0 Å². The molecule has 0 amide bonds. The van der Waals surface area contributed by atoms with E-state index >= 15 is 0 Å². The van der Waals surface area contributed by atoms with Gasteiger partial charge < -0.3 is 24.8 Å². The van der Waals surface area contributed by atoms with Crippen molar-refractivity contribution in [2.24, 2.45) is 0 Å². The molecule has 2 aliphatic rings. The van der Waals surface area contributed by atoms with Crippen molar-refractivity contribution >= 4 is 8.78 Å². The summed E-state index contributed by atoms with van der Waals surface area (Å²) in [5.41, 5.74) is 16.8. The first-order chi connectivity index (χ1) is 19.2. The van der Waals surface area contributed by atoms with Gasteiger partial charge in [0.2, 0.25) is 0 Å². The molecule has 207 valence electrons. The summed E-state index contributed by atoms with van der Waals surface area (Å²) >= 11 is -1.16. The first-order valence-electron chi connectivity index (χ1n) is 14.7. The standard InChI is InChI=1S/C25H27.C13H10.2ClH.Zr/c1-4-9-19-15-23-22-13-12-17(5-2)14-20(22)16-24(23)25(21(19)6-3)18-10-7-8-11-18;1-3-7-12(8-4-1)11-13-9-5-2-6-10-13;;;/h7-8,10,12-16H,4-6,9,11H2,1-3H3;1-10H;2*1H;/q;;;;+2/p-2. The number of allylic oxidation sites excluding steroid dienone is 4. The van der Waals surface area contributed by atoms with Gasteiger partial charge in [-0.1, -0.05) is 0 Å². The van der Waals surface area contributed by atoms with Gasteiger partial charge in [-0.2, -0.15) is 0 Å². The van der Waals surface area contributed by atoms with Crippen LogP contribution in [0.15, 0.2) is 103 Å². The molecule has 6 rings (SSSR count). The van der Waals surface area contributed by atoms with E-state index in [1.807, 2.05) is 0 Å². The fourth-order valence-corrected chi connectivity index (χ4v) is 10.9. The van der Waals surface area contributed by atoms with Crippen molar-refractivity contribution in [3.8, 4) is 11.1 Å². The van der Waals surface area contributed by atoms with Gasteiger partial charge in [-0.3, -0.25) is 0 Å². The van der Waals surface area contributed by atoms with E-state index < -0.39 is 22.8 Å². The Kier molecular flexibility index (Phi) is 11.0. The van der Waals surface area contributed by atoms with E-state index in [-0.39, 0.29) is 24.8 Å². The number of aryl methyl sites for hydroxylation is 2. The van der Waals surface area contributed by atoms with Gasteiger partial charge in [0, 0.05) is 0 Å². The van der Waals surface area contributed by atoms with Crippen LogP contribution in [0.3, 0.4) is 0 Å². The Bertz CT molecular complexity index is 1560. The first kappa shape index (κ1) is 31.6. The van der Waals surface area contributed by atoms with Gasteiger partial charge in [-0.05, 0) is 0 Å². The molecular weight excluding hydrogens is 619 g/mol. The summed E-state index contributed by atoms with van der Waals surface area (Å²) in [7, 11) is 0. The molecule has 0 heterocycles. The maximum atomic E-state index is 2.60. The Balaban J connectivity index is 0.00000194. The molecule has 0 aromatic heterocycles. The molecule has 0 saturated carbocycles. The van der Waals surface area contributed by atoms with Gasteiger partial charge in [0.25, 0.3) is 0 Å². The van der Waals surface area contributed by atoms with Gasteiger partial charge in [-0.25, -0.2) is 0 Å². The van der Waals surface area contributed by atoms with Gasteiger partial charge in [0.1, 0.15) is 0 Å². The Morgan fingerprint density at radius 2 is 1.46 bits per heavy atom. The van der Waals surface area contributed by atoms with Gasteiger partial charge >= 0.3 is 247 Å². The van der Waals surface area contributed by atoms with E-state index in [2.05, 4.69) is 124 Å². The van der Waals surface area contributed by atoms with E-state index in [1.54, 1.807) is 31.0 Å². The van der Waals surface area contributed by atoms with Crippen LogP contribution in [0.1, 0.15) is 81.7 Å². The van der Waals surface area contributed by atoms with Crippen LogP contribution in [-0.2, 0) is 42.0 Å². The molecule has 3 heteroatoms. The third-order valence-corrected chi connectivity index (χ3v) is 12.7. The molecule has 0 saturated heterocycles. The predicted molar refractivity (Wildman–Crippen MR) is 164 cm³/mol. The van der Waals surface area contributed by atoms with Crippen LogP contribution in [0.25, 0.3) is 16.7 Å². The minimum absolute atomic E-state index is 0. The molecule has 1 atom stereocenters. The summed E-state index contributed by atoms with van der Waals surface area (Å²) < 4.78 is 2.10. The average molecular weight is 656 g/mol. The monoisotopic (exact) mass is 653 g/mol. The first-order valence-corrected chi connectivity index (χ1v) is 17.3. The van der Waals surface area contributed by atoms with E-state index in [9.17, 15) is 0 Å². The molecule has 1 unspecified atom stereocenters. The molecule has 0 spiro atoms. The molecule has 0 bridgehead atoms. The zero-order chi connectivity index (χ0) is 26.8. The molecule has 4 aromatic carbocycles. The Morgan fingerprint density at radius 1 is 0.780 bits per heavy atom. The second-order valence-corrected chi connectivity index (χ2v) is 14.1. The number of benzene rings is 4. The third kappa shape index (κ3) is 6.10. The quantitative estimate of drug-likeness (QED) is 0.273. The van der Waals surface area contributed by atoms with Crippen molar-refractivity contribution in [3.05, 3.63) is 148 Å². The second kappa shape index (κ2) is 14.2. The summed E-state index contributed by atoms with van der Waals surface area (Å²) in [6.07, 6.45) is 12.6. The molecular formula is C38H37Cl2Zr. The summed E-state index contributed by atoms with van der Waals surface area (Å²) in [6.45, 7) is 6.98. The number of hydrogen-bond acceptors (Lipinski definition) is 0. The van der Waals surface area contributed by atoms with Crippen molar-refractivity contribution < 1.29 is 47.6 Å². The third-order valence-electron chi connectivity index (χ3n) is 8.36. The van der Waals surface area contributed by atoms with Crippen LogP contribution in [0.5, 0.6) is 0 Å². The zero-order valence-electron chi connectivity index (χ0n) is 24.2. The van der Waals surface area contributed by atoms with Crippen molar-refractivity contribution in [2.75, 3.05) is 0 Å². The number of rotatable bonds is 8. The van der Waals surface area contributed by atoms with Crippen molar-refractivity contribution in [2.45, 2.75) is 56.5 Å².